The van der Waals surface area contributed by atoms with Crippen LogP contribution in [0.15, 0.2) is 66.4 Å². The van der Waals surface area contributed by atoms with Gasteiger partial charge in [0.25, 0.3) is 0 Å². The van der Waals surface area contributed by atoms with E-state index in [-0.39, 0.29) is 5.91 Å². The fraction of sp³-hybridized carbons (Fsp3) is 0.240. The summed E-state index contributed by atoms with van der Waals surface area (Å²) in [4.78, 5) is 15.8. The molecule has 3 heteroatoms. The zero-order valence-electron chi connectivity index (χ0n) is 18.1. The molecule has 0 amide bonds. The van der Waals surface area contributed by atoms with E-state index in [0.29, 0.717) is 0 Å². The first-order chi connectivity index (χ1) is 13.6. The molecular formula is C25H33N2O+. The SMILES string of the molecule is C=C/C(=C\N=C)c1cc(/C=C/c2ccccc2)c(C)[n+](C(C)=O)c1.CC.CC. The number of pyridine rings is 1. The van der Waals surface area contributed by atoms with Gasteiger partial charge in [0, 0.05) is 29.8 Å². The van der Waals surface area contributed by atoms with Crippen molar-refractivity contribution in [1.29, 1.82) is 0 Å². The molecule has 0 atom stereocenters. The highest BCUT2D eigenvalue weighted by molar-refractivity contribution is 5.77. The molecule has 0 saturated carbocycles. The predicted octanol–water partition coefficient (Wildman–Crippen LogP) is 6.39. The summed E-state index contributed by atoms with van der Waals surface area (Å²) in [5.74, 6) is -0.0429. The van der Waals surface area contributed by atoms with Crippen molar-refractivity contribution in [2.24, 2.45) is 4.99 Å². The van der Waals surface area contributed by atoms with E-state index in [2.05, 4.69) is 18.3 Å². The second-order valence-corrected chi connectivity index (χ2v) is 5.37. The number of rotatable bonds is 5. The van der Waals surface area contributed by atoms with E-state index in [1.807, 2.05) is 83.2 Å². The van der Waals surface area contributed by atoms with E-state index in [4.69, 9.17) is 0 Å². The van der Waals surface area contributed by atoms with E-state index < -0.39 is 0 Å². The Morgan fingerprint density at radius 2 is 1.68 bits per heavy atom. The lowest BCUT2D eigenvalue weighted by Gasteiger charge is -2.05. The van der Waals surface area contributed by atoms with E-state index in [1.54, 1.807) is 30.0 Å². The van der Waals surface area contributed by atoms with E-state index in [9.17, 15) is 4.79 Å². The highest BCUT2D eigenvalue weighted by Crippen LogP contribution is 2.19. The molecule has 2 aromatic rings. The highest BCUT2D eigenvalue weighted by Gasteiger charge is 2.18. The van der Waals surface area contributed by atoms with Crippen LogP contribution >= 0.6 is 0 Å². The summed E-state index contributed by atoms with van der Waals surface area (Å²) < 4.78 is 1.64. The van der Waals surface area contributed by atoms with Crippen LogP contribution in [-0.2, 0) is 0 Å². The summed E-state index contributed by atoms with van der Waals surface area (Å²) in [7, 11) is 0. The van der Waals surface area contributed by atoms with Crippen molar-refractivity contribution < 1.29 is 9.36 Å². The molecular weight excluding hydrogens is 344 g/mol. The van der Waals surface area contributed by atoms with Gasteiger partial charge >= 0.3 is 5.91 Å². The Kier molecular flexibility index (Phi) is 12.5. The Bertz CT molecular complexity index is 831. The van der Waals surface area contributed by atoms with Crippen molar-refractivity contribution in [1.82, 2.24) is 0 Å². The Labute approximate surface area is 170 Å². The first kappa shape index (κ1) is 24.9. The van der Waals surface area contributed by atoms with Crippen LogP contribution in [0.2, 0.25) is 0 Å². The monoisotopic (exact) mass is 377 g/mol. The van der Waals surface area contributed by atoms with E-state index >= 15 is 0 Å². The summed E-state index contributed by atoms with van der Waals surface area (Å²) in [6, 6.07) is 12.1. The second kappa shape index (κ2) is 14.0. The molecule has 0 aliphatic heterocycles. The van der Waals surface area contributed by atoms with Gasteiger partial charge in [0.2, 0.25) is 0 Å². The van der Waals surface area contributed by atoms with Gasteiger partial charge in [-0.3, -0.25) is 4.99 Å². The lowest BCUT2D eigenvalue weighted by atomic mass is 10.0. The molecule has 0 unspecified atom stereocenters. The van der Waals surface area contributed by atoms with Crippen LogP contribution in [0.4, 0.5) is 0 Å². The lowest BCUT2D eigenvalue weighted by molar-refractivity contribution is -0.580. The highest BCUT2D eigenvalue weighted by atomic mass is 16.1. The Morgan fingerprint density at radius 1 is 1.07 bits per heavy atom. The van der Waals surface area contributed by atoms with Crippen LogP contribution in [0, 0.1) is 6.92 Å². The van der Waals surface area contributed by atoms with Crippen LogP contribution in [0.25, 0.3) is 17.7 Å². The zero-order chi connectivity index (χ0) is 21.5. The van der Waals surface area contributed by atoms with Crippen LogP contribution in [0.3, 0.4) is 0 Å². The molecule has 0 aliphatic rings. The van der Waals surface area contributed by atoms with Crippen molar-refractivity contribution in [2.45, 2.75) is 41.5 Å². The number of carbonyl (C=O) groups excluding carboxylic acids is 1. The van der Waals surface area contributed by atoms with Gasteiger partial charge in [-0.05, 0) is 24.4 Å². The number of carbonyl (C=O) groups is 1. The van der Waals surface area contributed by atoms with Gasteiger partial charge in [-0.25, -0.2) is 4.79 Å². The minimum absolute atomic E-state index is 0.0429. The maximum atomic E-state index is 12.0. The summed E-state index contributed by atoms with van der Waals surface area (Å²) >= 11 is 0. The van der Waals surface area contributed by atoms with Crippen LogP contribution in [0.1, 0.15) is 61.8 Å². The number of allylic oxidation sites excluding steroid dienone is 2. The summed E-state index contributed by atoms with van der Waals surface area (Å²) in [6.07, 6.45) is 9.17. The fourth-order valence-corrected chi connectivity index (χ4v) is 2.43. The largest absolute Gasteiger partial charge is 0.389 e. The third-order valence-electron chi connectivity index (χ3n) is 3.74. The third kappa shape index (κ3) is 7.28. The normalized spacial score (nSPS) is 10.3. The van der Waals surface area contributed by atoms with Gasteiger partial charge in [-0.1, -0.05) is 76.8 Å². The Hall–Kier alpha value is -3.07. The number of nitrogens with zero attached hydrogens (tertiary/aromatic N) is 2. The third-order valence-corrected chi connectivity index (χ3v) is 3.74. The van der Waals surface area contributed by atoms with Crippen molar-refractivity contribution >= 4 is 30.3 Å². The van der Waals surface area contributed by atoms with Gasteiger partial charge in [-0.15, -0.1) is 4.57 Å². The quantitative estimate of drug-likeness (QED) is 0.337. The molecule has 0 radical (unpaired) electrons. The molecule has 1 aromatic heterocycles. The number of benzene rings is 1. The van der Waals surface area contributed by atoms with Crippen molar-refractivity contribution in [2.75, 3.05) is 0 Å². The molecule has 28 heavy (non-hydrogen) atoms. The van der Waals surface area contributed by atoms with Crippen LogP contribution in [0.5, 0.6) is 0 Å². The van der Waals surface area contributed by atoms with Gasteiger partial charge in [0.1, 0.15) is 0 Å². The maximum absolute atomic E-state index is 12.0. The molecule has 0 spiro atoms. The second-order valence-electron chi connectivity index (χ2n) is 5.37. The first-order valence-electron chi connectivity index (χ1n) is 9.66. The van der Waals surface area contributed by atoms with Crippen molar-refractivity contribution in [3.63, 3.8) is 0 Å². The average Bonchev–Trinajstić information content (AvgIpc) is 2.74. The molecule has 148 valence electrons. The van der Waals surface area contributed by atoms with E-state index in [1.165, 1.54) is 0 Å². The van der Waals surface area contributed by atoms with Gasteiger partial charge in [0.05, 0.1) is 6.92 Å². The average molecular weight is 378 g/mol. The minimum Gasteiger partial charge on any atom is -0.272 e. The minimum atomic E-state index is -0.0429. The number of aromatic nitrogens is 1. The lowest BCUT2D eigenvalue weighted by Crippen LogP contribution is -2.44. The van der Waals surface area contributed by atoms with Crippen molar-refractivity contribution in [3.8, 4) is 0 Å². The number of hydrogen-bond acceptors (Lipinski definition) is 2. The first-order valence-corrected chi connectivity index (χ1v) is 9.66. The van der Waals surface area contributed by atoms with E-state index in [0.717, 1.165) is 28.0 Å². The molecule has 0 bridgehead atoms. The smallest absolute Gasteiger partial charge is 0.272 e. The summed E-state index contributed by atoms with van der Waals surface area (Å²) in [5, 5.41) is 0. The number of aliphatic imine (C=N–C) groups is 1. The molecule has 3 nitrogen and oxygen atoms in total. The van der Waals surface area contributed by atoms with Gasteiger partial charge < -0.3 is 0 Å². The van der Waals surface area contributed by atoms with Crippen molar-refractivity contribution in [3.05, 3.63) is 83.8 Å². The molecule has 1 heterocycles. The predicted molar refractivity (Wildman–Crippen MR) is 123 cm³/mol. The fourth-order valence-electron chi connectivity index (χ4n) is 2.43. The maximum Gasteiger partial charge on any atom is 0.389 e. The van der Waals surface area contributed by atoms with Crippen LogP contribution in [-0.4, -0.2) is 12.6 Å². The van der Waals surface area contributed by atoms with Gasteiger partial charge in [-0.2, -0.15) is 0 Å². The van der Waals surface area contributed by atoms with Crippen LogP contribution < -0.4 is 4.57 Å². The molecule has 0 N–H and O–H groups in total. The molecule has 1 aromatic carbocycles. The Morgan fingerprint density at radius 3 is 2.18 bits per heavy atom. The number of hydrogen-bond donors (Lipinski definition) is 0. The van der Waals surface area contributed by atoms with Gasteiger partial charge in [0.15, 0.2) is 11.9 Å². The molecule has 0 fully saturated rings. The molecule has 0 aliphatic carbocycles. The molecule has 0 saturated heterocycles. The summed E-state index contributed by atoms with van der Waals surface area (Å²) in [6.45, 7) is 18.8. The topological polar surface area (TPSA) is 33.3 Å². The summed E-state index contributed by atoms with van der Waals surface area (Å²) in [5.41, 5.74) is 4.63. The molecule has 2 rings (SSSR count). The zero-order valence-corrected chi connectivity index (χ0v) is 18.1. The standard InChI is InChI=1S/C21H21N2O.2C2H6/c1-5-19(14-22-4)21-13-20(16(2)23(15-21)17(3)24)12-11-18-9-7-6-8-10-18;2*1-2/h5-15H,1,4H2,2-3H3;2*1-2H3/q+1;;/b12-11+,19-14+;;. The Balaban J connectivity index is 0.00000171.